The summed E-state index contributed by atoms with van der Waals surface area (Å²) in [5.74, 6) is -0.157. The molecule has 0 spiro atoms. The molecule has 0 saturated carbocycles. The van der Waals surface area contributed by atoms with Gasteiger partial charge in [0.05, 0.1) is 5.69 Å². The van der Waals surface area contributed by atoms with E-state index in [0.717, 1.165) is 11.3 Å². The average Bonchev–Trinajstić information content (AvgIpc) is 2.27. The zero-order valence-electron chi connectivity index (χ0n) is 9.68. The van der Waals surface area contributed by atoms with Gasteiger partial charge < -0.3 is 22.5 Å². The van der Waals surface area contributed by atoms with Gasteiger partial charge in [0, 0.05) is 17.7 Å². The van der Waals surface area contributed by atoms with Crippen LogP contribution in [0.3, 0.4) is 0 Å². The van der Waals surface area contributed by atoms with Crippen LogP contribution in [0.5, 0.6) is 0 Å². The Balaban J connectivity index is 2.38. The Kier molecular flexibility index (Phi) is 3.13. The Hall–Kier alpha value is -2.57. The summed E-state index contributed by atoms with van der Waals surface area (Å²) in [6, 6.07) is 5.40. The maximum absolute atomic E-state index is 11.3. The molecule has 7 nitrogen and oxygen atoms in total. The van der Waals surface area contributed by atoms with E-state index in [1.54, 1.807) is 12.1 Å². The summed E-state index contributed by atoms with van der Waals surface area (Å²) in [5.41, 5.74) is 18.4. The molecule has 94 valence electrons. The van der Waals surface area contributed by atoms with Crippen molar-refractivity contribution in [1.82, 2.24) is 0 Å². The second-order valence-corrected chi connectivity index (χ2v) is 3.86. The van der Waals surface area contributed by atoms with Gasteiger partial charge >= 0.3 is 0 Å². The van der Waals surface area contributed by atoms with Gasteiger partial charge in [0.2, 0.25) is 11.9 Å². The zero-order valence-corrected chi connectivity index (χ0v) is 9.68. The van der Waals surface area contributed by atoms with Crippen molar-refractivity contribution < 1.29 is 4.79 Å². The summed E-state index contributed by atoms with van der Waals surface area (Å²) >= 11 is 0. The maximum atomic E-state index is 11.3. The molecular formula is C11H14N6O. The largest absolute Gasteiger partial charge is 0.370 e. The van der Waals surface area contributed by atoms with E-state index in [9.17, 15) is 4.79 Å². The highest BCUT2D eigenvalue weighted by Gasteiger charge is 2.17. The first-order valence-corrected chi connectivity index (χ1v) is 5.42. The van der Waals surface area contributed by atoms with Crippen molar-refractivity contribution in [2.75, 3.05) is 5.32 Å². The molecule has 7 N–H and O–H groups in total. The molecule has 1 aromatic rings. The number of fused-ring (bicyclic) bond motifs is 1. The SMILES string of the molecule is NC(N)=NC(N)=Nc1cccc2c1CCC(=O)N2. The maximum Gasteiger partial charge on any atom is 0.224 e. The van der Waals surface area contributed by atoms with E-state index in [0.29, 0.717) is 18.5 Å². The number of nitrogens with two attached hydrogens (primary N) is 3. The van der Waals surface area contributed by atoms with Gasteiger partial charge in [-0.3, -0.25) is 4.79 Å². The second kappa shape index (κ2) is 4.74. The first kappa shape index (κ1) is 11.9. The van der Waals surface area contributed by atoms with Gasteiger partial charge in [-0.1, -0.05) is 6.07 Å². The molecule has 0 atom stereocenters. The number of hydrogen-bond acceptors (Lipinski definition) is 2. The van der Waals surface area contributed by atoms with Crippen molar-refractivity contribution in [2.24, 2.45) is 27.2 Å². The second-order valence-electron chi connectivity index (χ2n) is 3.86. The predicted molar refractivity (Wildman–Crippen MR) is 70.5 cm³/mol. The smallest absolute Gasteiger partial charge is 0.224 e. The van der Waals surface area contributed by atoms with Crippen LogP contribution < -0.4 is 22.5 Å². The lowest BCUT2D eigenvalue weighted by molar-refractivity contribution is -0.116. The van der Waals surface area contributed by atoms with E-state index in [2.05, 4.69) is 15.3 Å². The topological polar surface area (TPSA) is 132 Å². The zero-order chi connectivity index (χ0) is 13.1. The van der Waals surface area contributed by atoms with E-state index in [4.69, 9.17) is 17.2 Å². The van der Waals surface area contributed by atoms with Crippen LogP contribution in [0.15, 0.2) is 28.2 Å². The van der Waals surface area contributed by atoms with Gasteiger partial charge in [0.15, 0.2) is 5.96 Å². The van der Waals surface area contributed by atoms with Crippen LogP contribution in [0.4, 0.5) is 11.4 Å². The minimum atomic E-state index is -0.144. The monoisotopic (exact) mass is 246 g/mol. The molecule has 2 rings (SSSR count). The average molecular weight is 246 g/mol. The van der Waals surface area contributed by atoms with Crippen LogP contribution in [-0.4, -0.2) is 17.8 Å². The van der Waals surface area contributed by atoms with E-state index in [1.165, 1.54) is 0 Å². The van der Waals surface area contributed by atoms with E-state index < -0.39 is 0 Å². The Morgan fingerprint density at radius 2 is 2.00 bits per heavy atom. The van der Waals surface area contributed by atoms with Crippen LogP contribution in [0.1, 0.15) is 12.0 Å². The molecule has 0 fully saturated rings. The van der Waals surface area contributed by atoms with Crippen LogP contribution in [0.25, 0.3) is 0 Å². The highest BCUT2D eigenvalue weighted by molar-refractivity contribution is 5.97. The number of benzene rings is 1. The van der Waals surface area contributed by atoms with E-state index in [1.807, 2.05) is 6.07 Å². The molecule has 1 heterocycles. The number of nitrogens with one attached hydrogen (secondary N) is 1. The van der Waals surface area contributed by atoms with Crippen molar-refractivity contribution in [3.63, 3.8) is 0 Å². The van der Waals surface area contributed by atoms with Crippen LogP contribution in [0.2, 0.25) is 0 Å². The molecule has 0 aromatic heterocycles. The predicted octanol–water partition coefficient (Wildman–Crippen LogP) is -0.209. The number of carbonyl (C=O) groups excluding carboxylic acids is 1. The molecule has 1 aliphatic heterocycles. The summed E-state index contributed by atoms with van der Waals surface area (Å²) < 4.78 is 0. The number of nitrogens with zero attached hydrogens (tertiary/aromatic N) is 2. The van der Waals surface area contributed by atoms with Crippen LogP contribution >= 0.6 is 0 Å². The lowest BCUT2D eigenvalue weighted by atomic mass is 10.0. The first-order chi connectivity index (χ1) is 8.56. The van der Waals surface area contributed by atoms with Crippen molar-refractivity contribution in [3.8, 4) is 0 Å². The highest BCUT2D eigenvalue weighted by Crippen LogP contribution is 2.31. The molecular weight excluding hydrogens is 232 g/mol. The van der Waals surface area contributed by atoms with Gasteiger partial charge in [-0.05, 0) is 18.6 Å². The summed E-state index contributed by atoms with van der Waals surface area (Å²) in [4.78, 5) is 19.1. The Bertz CT molecular complexity index is 544. The number of amides is 1. The van der Waals surface area contributed by atoms with Gasteiger partial charge in [0.1, 0.15) is 0 Å². The summed E-state index contributed by atoms with van der Waals surface area (Å²) in [6.07, 6.45) is 1.05. The molecule has 0 aliphatic carbocycles. The number of hydrogen-bond donors (Lipinski definition) is 4. The molecule has 0 unspecified atom stereocenters. The fraction of sp³-hybridized carbons (Fsp3) is 0.182. The van der Waals surface area contributed by atoms with Crippen molar-refractivity contribution in [3.05, 3.63) is 23.8 Å². The summed E-state index contributed by atoms with van der Waals surface area (Å²) in [6.45, 7) is 0. The quantitative estimate of drug-likeness (QED) is 0.403. The Morgan fingerprint density at radius 3 is 2.72 bits per heavy atom. The van der Waals surface area contributed by atoms with Gasteiger partial charge in [-0.15, -0.1) is 0 Å². The molecule has 0 radical (unpaired) electrons. The Morgan fingerprint density at radius 1 is 1.22 bits per heavy atom. The Labute approximate surface area is 104 Å². The van der Waals surface area contributed by atoms with E-state index in [-0.39, 0.29) is 17.8 Å². The van der Waals surface area contributed by atoms with Crippen molar-refractivity contribution >= 4 is 29.2 Å². The van der Waals surface area contributed by atoms with Gasteiger partial charge in [0.25, 0.3) is 0 Å². The number of guanidine groups is 2. The summed E-state index contributed by atoms with van der Waals surface area (Å²) in [7, 11) is 0. The van der Waals surface area contributed by atoms with Gasteiger partial charge in [-0.2, -0.15) is 4.99 Å². The van der Waals surface area contributed by atoms with Crippen LogP contribution in [-0.2, 0) is 11.2 Å². The number of anilines is 1. The minimum absolute atomic E-state index is 0.000764. The standard InChI is InChI=1S/C11H14N6O/c12-10(13)17-11(14)16-8-3-1-2-7-6(8)4-5-9(18)15-7/h1-3H,4-5H2,(H,15,18)(H6,12,13,14,16,17). The lowest BCUT2D eigenvalue weighted by Crippen LogP contribution is -2.26. The highest BCUT2D eigenvalue weighted by atomic mass is 16.1. The molecule has 1 aliphatic rings. The molecule has 18 heavy (non-hydrogen) atoms. The fourth-order valence-electron chi connectivity index (χ4n) is 1.79. The van der Waals surface area contributed by atoms with E-state index >= 15 is 0 Å². The molecule has 7 heteroatoms. The molecule has 1 aromatic carbocycles. The number of carbonyl (C=O) groups is 1. The fourth-order valence-corrected chi connectivity index (χ4v) is 1.79. The number of rotatable bonds is 1. The molecule has 1 amide bonds. The van der Waals surface area contributed by atoms with Gasteiger partial charge in [-0.25, -0.2) is 4.99 Å². The summed E-state index contributed by atoms with van der Waals surface area (Å²) in [5, 5.41) is 2.78. The van der Waals surface area contributed by atoms with Crippen LogP contribution in [0, 0.1) is 0 Å². The number of aliphatic imine (C=N–C) groups is 2. The first-order valence-electron chi connectivity index (χ1n) is 5.42. The third-order valence-corrected chi connectivity index (χ3v) is 2.51. The third-order valence-electron chi connectivity index (χ3n) is 2.51. The minimum Gasteiger partial charge on any atom is -0.370 e. The molecule has 0 saturated heterocycles. The molecule has 0 bridgehead atoms. The van der Waals surface area contributed by atoms with Crippen molar-refractivity contribution in [1.29, 1.82) is 0 Å². The third kappa shape index (κ3) is 2.57. The van der Waals surface area contributed by atoms with Crippen molar-refractivity contribution in [2.45, 2.75) is 12.8 Å². The lowest BCUT2D eigenvalue weighted by Gasteiger charge is -2.18. The normalized spacial score (nSPS) is 14.7.